The summed E-state index contributed by atoms with van der Waals surface area (Å²) >= 11 is 1.56. The molecule has 4 heterocycles. The Hall–Kier alpha value is -2.94. The first-order chi connectivity index (χ1) is 14.1. The normalized spacial score (nSPS) is 14.3. The van der Waals surface area contributed by atoms with E-state index in [4.69, 9.17) is 0 Å². The standard InChI is InChI=1S/C20H23N7OS/c1-15-13-18(23-20(22-15)29-2)26-11-9-25(10-12-26)17-3-4-19(28)27(24-17)14-16-5-7-21-8-6-16/h3-8,13H,9-12,14H2,1-2H3. The van der Waals surface area contributed by atoms with Gasteiger partial charge in [0.25, 0.3) is 5.56 Å². The highest BCUT2D eigenvalue weighted by Crippen LogP contribution is 2.20. The molecule has 0 radical (unpaired) electrons. The molecule has 0 N–H and O–H groups in total. The van der Waals surface area contributed by atoms with E-state index in [1.807, 2.05) is 37.4 Å². The molecule has 1 saturated heterocycles. The molecule has 0 bridgehead atoms. The van der Waals surface area contributed by atoms with E-state index in [0.29, 0.717) is 6.54 Å². The second-order valence-corrected chi connectivity index (χ2v) is 7.64. The molecule has 0 aromatic carbocycles. The van der Waals surface area contributed by atoms with Crippen LogP contribution in [0.25, 0.3) is 0 Å². The monoisotopic (exact) mass is 409 g/mol. The quantitative estimate of drug-likeness (QED) is 0.466. The van der Waals surface area contributed by atoms with E-state index in [1.54, 1.807) is 30.2 Å². The van der Waals surface area contributed by atoms with Gasteiger partial charge in [-0.05, 0) is 36.9 Å². The van der Waals surface area contributed by atoms with Gasteiger partial charge in [0.05, 0.1) is 6.54 Å². The Labute approximate surface area is 173 Å². The first kappa shape index (κ1) is 19.4. The SMILES string of the molecule is CSc1nc(C)cc(N2CCN(c3ccc(=O)n(Cc4ccncc4)n3)CC2)n1. The molecule has 4 rings (SSSR count). The molecule has 0 spiro atoms. The number of rotatable bonds is 5. The van der Waals surface area contributed by atoms with Crippen LogP contribution < -0.4 is 15.4 Å². The minimum absolute atomic E-state index is 0.106. The van der Waals surface area contributed by atoms with Crippen molar-refractivity contribution in [2.75, 3.05) is 42.2 Å². The first-order valence-electron chi connectivity index (χ1n) is 9.49. The third kappa shape index (κ3) is 4.56. The summed E-state index contributed by atoms with van der Waals surface area (Å²) in [5, 5.41) is 5.39. The number of aryl methyl sites for hydroxylation is 1. The molecule has 0 saturated carbocycles. The van der Waals surface area contributed by atoms with Crippen LogP contribution in [0.1, 0.15) is 11.3 Å². The largest absolute Gasteiger partial charge is 0.353 e. The van der Waals surface area contributed by atoms with E-state index in [1.165, 1.54) is 4.68 Å². The molecule has 0 amide bonds. The molecular formula is C20H23N7OS. The lowest BCUT2D eigenvalue weighted by Gasteiger charge is -2.36. The molecule has 0 atom stereocenters. The summed E-state index contributed by atoms with van der Waals surface area (Å²) in [6.07, 6.45) is 5.44. The summed E-state index contributed by atoms with van der Waals surface area (Å²) in [6, 6.07) is 9.22. The molecule has 1 aliphatic heterocycles. The van der Waals surface area contributed by atoms with Gasteiger partial charge in [-0.1, -0.05) is 11.8 Å². The molecule has 0 unspecified atom stereocenters. The predicted molar refractivity (Wildman–Crippen MR) is 115 cm³/mol. The highest BCUT2D eigenvalue weighted by molar-refractivity contribution is 7.98. The molecule has 3 aromatic rings. The number of thioether (sulfide) groups is 1. The molecule has 150 valence electrons. The lowest BCUT2D eigenvalue weighted by molar-refractivity contribution is 0.598. The lowest BCUT2D eigenvalue weighted by Crippen LogP contribution is -2.47. The number of anilines is 2. The Morgan fingerprint density at radius 1 is 0.966 bits per heavy atom. The van der Waals surface area contributed by atoms with Crippen LogP contribution in [0.3, 0.4) is 0 Å². The number of hydrogen-bond donors (Lipinski definition) is 0. The molecule has 3 aromatic heterocycles. The van der Waals surface area contributed by atoms with Gasteiger partial charge in [-0.25, -0.2) is 14.6 Å². The number of nitrogens with zero attached hydrogens (tertiary/aromatic N) is 7. The molecular weight excluding hydrogens is 386 g/mol. The van der Waals surface area contributed by atoms with E-state index >= 15 is 0 Å². The van der Waals surface area contributed by atoms with E-state index in [-0.39, 0.29) is 5.56 Å². The second kappa shape index (κ2) is 8.60. The third-order valence-corrected chi connectivity index (χ3v) is 5.41. The Kier molecular flexibility index (Phi) is 5.75. The van der Waals surface area contributed by atoms with Gasteiger partial charge in [0.15, 0.2) is 5.16 Å². The maximum absolute atomic E-state index is 12.2. The topological polar surface area (TPSA) is 80.0 Å². The Morgan fingerprint density at radius 3 is 2.34 bits per heavy atom. The molecule has 9 heteroatoms. The third-order valence-electron chi connectivity index (χ3n) is 4.86. The highest BCUT2D eigenvalue weighted by Gasteiger charge is 2.20. The van der Waals surface area contributed by atoms with Crippen molar-refractivity contribution < 1.29 is 0 Å². The Bertz CT molecular complexity index is 1030. The number of pyridine rings is 1. The summed E-state index contributed by atoms with van der Waals surface area (Å²) in [5.41, 5.74) is 1.87. The van der Waals surface area contributed by atoms with Crippen molar-refractivity contribution in [1.82, 2.24) is 24.7 Å². The van der Waals surface area contributed by atoms with Gasteiger partial charge < -0.3 is 9.80 Å². The average Bonchev–Trinajstić information content (AvgIpc) is 2.76. The summed E-state index contributed by atoms with van der Waals surface area (Å²) in [6.45, 7) is 5.75. The lowest BCUT2D eigenvalue weighted by atomic mass is 10.2. The maximum atomic E-state index is 12.2. The number of piperazine rings is 1. The molecule has 1 aliphatic rings. The zero-order valence-electron chi connectivity index (χ0n) is 16.5. The smallest absolute Gasteiger partial charge is 0.267 e. The number of aromatic nitrogens is 5. The van der Waals surface area contributed by atoms with E-state index in [9.17, 15) is 4.79 Å². The highest BCUT2D eigenvalue weighted by atomic mass is 32.2. The average molecular weight is 410 g/mol. The van der Waals surface area contributed by atoms with Crippen LogP contribution in [0, 0.1) is 6.92 Å². The van der Waals surface area contributed by atoms with Crippen molar-refractivity contribution in [1.29, 1.82) is 0 Å². The first-order valence-corrected chi connectivity index (χ1v) is 10.7. The van der Waals surface area contributed by atoms with E-state index in [2.05, 4.69) is 29.9 Å². The van der Waals surface area contributed by atoms with Crippen molar-refractivity contribution in [3.63, 3.8) is 0 Å². The maximum Gasteiger partial charge on any atom is 0.267 e. The van der Waals surface area contributed by atoms with Crippen molar-refractivity contribution in [2.24, 2.45) is 0 Å². The van der Waals surface area contributed by atoms with Crippen molar-refractivity contribution in [2.45, 2.75) is 18.6 Å². The second-order valence-electron chi connectivity index (χ2n) is 6.87. The van der Waals surface area contributed by atoms with Crippen LogP contribution >= 0.6 is 11.8 Å². The van der Waals surface area contributed by atoms with Gasteiger partial charge in [-0.15, -0.1) is 0 Å². The fraction of sp³-hybridized carbons (Fsp3) is 0.350. The van der Waals surface area contributed by atoms with Gasteiger partial charge in [-0.3, -0.25) is 9.78 Å². The van der Waals surface area contributed by atoms with Crippen LogP contribution in [-0.2, 0) is 6.54 Å². The minimum Gasteiger partial charge on any atom is -0.353 e. The van der Waals surface area contributed by atoms with Crippen molar-refractivity contribution in [3.8, 4) is 0 Å². The molecule has 8 nitrogen and oxygen atoms in total. The van der Waals surface area contributed by atoms with Gasteiger partial charge in [0, 0.05) is 56.4 Å². The van der Waals surface area contributed by atoms with E-state index < -0.39 is 0 Å². The zero-order valence-corrected chi connectivity index (χ0v) is 17.3. The Morgan fingerprint density at radius 2 is 1.66 bits per heavy atom. The van der Waals surface area contributed by atoms with Gasteiger partial charge in [0.1, 0.15) is 11.6 Å². The number of hydrogen-bond acceptors (Lipinski definition) is 8. The fourth-order valence-corrected chi connectivity index (χ4v) is 3.74. The molecule has 29 heavy (non-hydrogen) atoms. The van der Waals surface area contributed by atoms with Crippen LogP contribution in [-0.4, -0.2) is 57.2 Å². The fourth-order valence-electron chi connectivity index (χ4n) is 3.32. The van der Waals surface area contributed by atoms with Crippen LogP contribution in [0.15, 0.2) is 52.7 Å². The van der Waals surface area contributed by atoms with Gasteiger partial charge >= 0.3 is 0 Å². The summed E-state index contributed by atoms with van der Waals surface area (Å²) < 4.78 is 1.51. The van der Waals surface area contributed by atoms with Crippen LogP contribution in [0.5, 0.6) is 0 Å². The summed E-state index contributed by atoms with van der Waals surface area (Å²) in [4.78, 5) is 29.8. The summed E-state index contributed by atoms with van der Waals surface area (Å²) in [7, 11) is 0. The summed E-state index contributed by atoms with van der Waals surface area (Å²) in [5.74, 6) is 1.79. The van der Waals surface area contributed by atoms with Crippen molar-refractivity contribution in [3.05, 3.63) is 64.3 Å². The van der Waals surface area contributed by atoms with Gasteiger partial charge in [0.2, 0.25) is 0 Å². The van der Waals surface area contributed by atoms with Gasteiger partial charge in [-0.2, -0.15) is 5.10 Å². The molecule has 1 fully saturated rings. The van der Waals surface area contributed by atoms with Crippen LogP contribution in [0.4, 0.5) is 11.6 Å². The zero-order chi connectivity index (χ0) is 20.2. The van der Waals surface area contributed by atoms with Crippen molar-refractivity contribution >= 4 is 23.4 Å². The predicted octanol–water partition coefficient (Wildman–Crippen LogP) is 1.83. The minimum atomic E-state index is -0.106. The Balaban J connectivity index is 1.47. The molecule has 0 aliphatic carbocycles. The van der Waals surface area contributed by atoms with Crippen LogP contribution in [0.2, 0.25) is 0 Å². The van der Waals surface area contributed by atoms with E-state index in [0.717, 1.165) is 54.2 Å².